The smallest absolute Gasteiger partial charge is 0.326 e. The molecule has 1 fully saturated rings. The minimum absolute atomic E-state index is 0.00493. The number of hydrogen-bond donors (Lipinski definition) is 2. The monoisotopic (exact) mass is 322 g/mol. The minimum atomic E-state index is -1.12. The quantitative estimate of drug-likeness (QED) is 0.875. The molecule has 0 bridgehead atoms. The van der Waals surface area contributed by atoms with E-state index in [-0.39, 0.29) is 24.4 Å². The summed E-state index contributed by atoms with van der Waals surface area (Å²) in [4.78, 5) is 36.9. The van der Waals surface area contributed by atoms with Crippen molar-refractivity contribution in [3.05, 3.63) is 35.1 Å². The molecule has 0 radical (unpaired) electrons. The molecule has 23 heavy (non-hydrogen) atoms. The van der Waals surface area contributed by atoms with Gasteiger partial charge in [-0.05, 0) is 37.5 Å². The highest BCUT2D eigenvalue weighted by Gasteiger charge is 2.38. The van der Waals surface area contributed by atoms with Crippen LogP contribution in [0.5, 0.6) is 0 Å². The molecule has 0 aliphatic carbocycles. The lowest BCUT2D eigenvalue weighted by molar-refractivity contribution is -0.145. The van der Waals surface area contributed by atoms with E-state index < -0.39 is 29.7 Å². The number of piperidine rings is 1. The number of carboxylic acid groups (broad SMARTS) is 1. The van der Waals surface area contributed by atoms with Crippen LogP contribution in [0.15, 0.2) is 18.2 Å². The molecule has 2 rings (SSSR count). The van der Waals surface area contributed by atoms with Crippen LogP contribution < -0.4 is 5.32 Å². The predicted octanol–water partition coefficient (Wildman–Crippen LogP) is 1.19. The first-order valence-corrected chi connectivity index (χ1v) is 7.36. The molecule has 2 atom stereocenters. The summed E-state index contributed by atoms with van der Waals surface area (Å²) < 4.78 is 13.7. The van der Waals surface area contributed by atoms with E-state index in [0.29, 0.717) is 12.0 Å². The average molecular weight is 322 g/mol. The van der Waals surface area contributed by atoms with Crippen molar-refractivity contribution in [2.24, 2.45) is 5.92 Å². The standard InChI is InChI=1S/C16H19FN2O4/c1-9-3-4-10(7-12(9)17)15(21)19-8-11(14(20)18-2)5-6-13(19)16(22)23/h3-4,7,11,13H,5-6,8H2,1-2H3,(H,18,20)(H,22,23)/t11-,13-/m0/s1. The summed E-state index contributed by atoms with van der Waals surface area (Å²) in [6.45, 7) is 1.58. The van der Waals surface area contributed by atoms with E-state index in [0.717, 1.165) is 11.0 Å². The van der Waals surface area contributed by atoms with Gasteiger partial charge in [-0.15, -0.1) is 0 Å². The van der Waals surface area contributed by atoms with Crippen LogP contribution >= 0.6 is 0 Å². The Labute approximate surface area is 133 Å². The van der Waals surface area contributed by atoms with Gasteiger partial charge in [-0.3, -0.25) is 9.59 Å². The number of amides is 2. The summed E-state index contributed by atoms with van der Waals surface area (Å²) >= 11 is 0. The van der Waals surface area contributed by atoms with E-state index in [1.54, 1.807) is 6.92 Å². The molecule has 0 aromatic heterocycles. The van der Waals surface area contributed by atoms with Crippen molar-refractivity contribution in [1.29, 1.82) is 0 Å². The van der Waals surface area contributed by atoms with E-state index in [1.165, 1.54) is 19.2 Å². The van der Waals surface area contributed by atoms with Crippen LogP contribution in [-0.4, -0.2) is 47.4 Å². The molecular weight excluding hydrogens is 303 g/mol. The highest BCUT2D eigenvalue weighted by atomic mass is 19.1. The summed E-state index contributed by atoms with van der Waals surface area (Å²) in [6, 6.07) is 3.02. The van der Waals surface area contributed by atoms with Crippen molar-refractivity contribution in [2.45, 2.75) is 25.8 Å². The van der Waals surface area contributed by atoms with Crippen LogP contribution in [0.25, 0.3) is 0 Å². The summed E-state index contributed by atoms with van der Waals surface area (Å²) in [6.07, 6.45) is 0.580. The van der Waals surface area contributed by atoms with Crippen molar-refractivity contribution in [2.75, 3.05) is 13.6 Å². The molecule has 1 aliphatic heterocycles. The third-order valence-corrected chi connectivity index (χ3v) is 4.16. The Morgan fingerprint density at radius 2 is 2.00 bits per heavy atom. The number of carbonyl (C=O) groups excluding carboxylic acids is 2. The predicted molar refractivity (Wildman–Crippen MR) is 80.4 cm³/mol. The Hall–Kier alpha value is -2.44. The molecule has 2 N–H and O–H groups in total. The van der Waals surface area contributed by atoms with Crippen LogP contribution in [0.3, 0.4) is 0 Å². The Kier molecular flexibility index (Phi) is 4.98. The zero-order chi connectivity index (χ0) is 17.1. The molecule has 0 saturated carbocycles. The fourth-order valence-electron chi connectivity index (χ4n) is 2.76. The van der Waals surface area contributed by atoms with E-state index in [9.17, 15) is 23.9 Å². The summed E-state index contributed by atoms with van der Waals surface area (Å²) in [7, 11) is 1.49. The van der Waals surface area contributed by atoms with Crippen molar-refractivity contribution >= 4 is 17.8 Å². The highest BCUT2D eigenvalue weighted by molar-refractivity contribution is 5.97. The fraction of sp³-hybridized carbons (Fsp3) is 0.438. The van der Waals surface area contributed by atoms with Crippen molar-refractivity contribution in [3.63, 3.8) is 0 Å². The second-order valence-corrected chi connectivity index (χ2v) is 5.66. The molecule has 2 amide bonds. The molecular formula is C16H19FN2O4. The van der Waals surface area contributed by atoms with Gasteiger partial charge in [0.25, 0.3) is 5.91 Å². The number of benzene rings is 1. The number of aliphatic carboxylic acids is 1. The van der Waals surface area contributed by atoms with Gasteiger partial charge >= 0.3 is 5.97 Å². The molecule has 7 heteroatoms. The molecule has 6 nitrogen and oxygen atoms in total. The van der Waals surface area contributed by atoms with Crippen molar-refractivity contribution in [3.8, 4) is 0 Å². The third-order valence-electron chi connectivity index (χ3n) is 4.16. The molecule has 1 saturated heterocycles. The number of carboxylic acids is 1. The molecule has 0 unspecified atom stereocenters. The van der Waals surface area contributed by atoms with Crippen LogP contribution in [0.2, 0.25) is 0 Å². The Bertz CT molecular complexity index is 647. The maximum atomic E-state index is 13.7. The number of carbonyl (C=O) groups is 3. The molecule has 1 aromatic rings. The molecule has 124 valence electrons. The van der Waals surface area contributed by atoms with Gasteiger partial charge in [-0.25, -0.2) is 9.18 Å². The molecule has 1 aromatic carbocycles. The fourth-order valence-corrected chi connectivity index (χ4v) is 2.76. The Balaban J connectivity index is 2.29. The second kappa shape index (κ2) is 6.76. The first-order valence-electron chi connectivity index (χ1n) is 7.36. The maximum absolute atomic E-state index is 13.7. The van der Waals surface area contributed by atoms with E-state index >= 15 is 0 Å². The lowest BCUT2D eigenvalue weighted by Crippen LogP contribution is -2.53. The molecule has 1 aliphatic rings. The van der Waals surface area contributed by atoms with Gasteiger partial charge < -0.3 is 15.3 Å². The molecule has 0 spiro atoms. The first kappa shape index (κ1) is 16.9. The van der Waals surface area contributed by atoms with Crippen molar-refractivity contribution < 1.29 is 23.9 Å². The van der Waals surface area contributed by atoms with Gasteiger partial charge in [-0.1, -0.05) is 6.07 Å². The number of likely N-dealkylation sites (tertiary alicyclic amines) is 1. The van der Waals surface area contributed by atoms with Gasteiger partial charge in [0.2, 0.25) is 5.91 Å². The Morgan fingerprint density at radius 1 is 1.30 bits per heavy atom. The third kappa shape index (κ3) is 3.49. The van der Waals surface area contributed by atoms with Crippen LogP contribution in [0.1, 0.15) is 28.8 Å². The largest absolute Gasteiger partial charge is 0.480 e. The van der Waals surface area contributed by atoms with E-state index in [1.807, 2.05) is 0 Å². The summed E-state index contributed by atoms with van der Waals surface area (Å²) in [5, 5.41) is 11.8. The number of nitrogens with zero attached hydrogens (tertiary/aromatic N) is 1. The number of nitrogens with one attached hydrogen (secondary N) is 1. The minimum Gasteiger partial charge on any atom is -0.480 e. The zero-order valence-corrected chi connectivity index (χ0v) is 13.0. The van der Waals surface area contributed by atoms with E-state index in [4.69, 9.17) is 0 Å². The van der Waals surface area contributed by atoms with Gasteiger partial charge in [0, 0.05) is 19.2 Å². The van der Waals surface area contributed by atoms with Crippen LogP contribution in [0, 0.1) is 18.7 Å². The normalized spacial score (nSPS) is 20.9. The van der Waals surface area contributed by atoms with Crippen LogP contribution in [0.4, 0.5) is 4.39 Å². The number of rotatable bonds is 3. The lowest BCUT2D eigenvalue weighted by Gasteiger charge is -2.36. The number of halogens is 1. The highest BCUT2D eigenvalue weighted by Crippen LogP contribution is 2.25. The van der Waals surface area contributed by atoms with Crippen molar-refractivity contribution in [1.82, 2.24) is 10.2 Å². The van der Waals surface area contributed by atoms with Crippen LogP contribution in [-0.2, 0) is 9.59 Å². The first-order chi connectivity index (χ1) is 10.8. The maximum Gasteiger partial charge on any atom is 0.326 e. The Morgan fingerprint density at radius 3 is 2.57 bits per heavy atom. The lowest BCUT2D eigenvalue weighted by atomic mass is 9.91. The van der Waals surface area contributed by atoms with Gasteiger partial charge in [0.15, 0.2) is 0 Å². The summed E-state index contributed by atoms with van der Waals surface area (Å²) in [5.74, 6) is -2.93. The average Bonchev–Trinajstić information content (AvgIpc) is 2.55. The molecule has 1 heterocycles. The van der Waals surface area contributed by atoms with Gasteiger partial charge in [0.1, 0.15) is 11.9 Å². The number of aryl methyl sites for hydroxylation is 1. The van der Waals surface area contributed by atoms with Gasteiger partial charge in [-0.2, -0.15) is 0 Å². The second-order valence-electron chi connectivity index (χ2n) is 5.66. The van der Waals surface area contributed by atoms with Gasteiger partial charge in [0.05, 0.1) is 5.92 Å². The van der Waals surface area contributed by atoms with E-state index in [2.05, 4.69) is 5.32 Å². The topological polar surface area (TPSA) is 86.7 Å². The SMILES string of the molecule is CNC(=O)[C@H]1CC[C@@H](C(=O)O)N(C(=O)c2ccc(C)c(F)c2)C1. The number of hydrogen-bond acceptors (Lipinski definition) is 3. The zero-order valence-electron chi connectivity index (χ0n) is 13.0. The summed E-state index contributed by atoms with van der Waals surface area (Å²) in [5.41, 5.74) is 0.482.